The highest BCUT2D eigenvalue weighted by molar-refractivity contribution is 5.92. The lowest BCUT2D eigenvalue weighted by molar-refractivity contribution is 0.0696. The van der Waals surface area contributed by atoms with Crippen molar-refractivity contribution in [1.82, 2.24) is 20.1 Å². The topological polar surface area (TPSA) is 97.1 Å². The summed E-state index contributed by atoms with van der Waals surface area (Å²) in [4.78, 5) is 26.3. The van der Waals surface area contributed by atoms with E-state index < -0.39 is 5.97 Å². The smallest absolute Gasteiger partial charge is 0.339 e. The fourth-order valence-electron chi connectivity index (χ4n) is 1.44. The van der Waals surface area contributed by atoms with Gasteiger partial charge in [0.05, 0.1) is 0 Å². The molecule has 2 N–H and O–H groups in total. The lowest BCUT2D eigenvalue weighted by Gasteiger charge is -2.03. The molecule has 1 amide bonds. The molecule has 0 unspecified atom stereocenters. The van der Waals surface area contributed by atoms with Gasteiger partial charge in [-0.3, -0.25) is 4.79 Å². The van der Waals surface area contributed by atoms with Gasteiger partial charge in [-0.15, -0.1) is 0 Å². The average Bonchev–Trinajstić information content (AvgIpc) is 2.87. The van der Waals surface area contributed by atoms with Crippen LogP contribution in [0, 0.1) is 0 Å². The molecule has 0 radical (unpaired) electrons. The standard InChI is InChI=1S/C11H10N4O3/c1-12-10(16)8-4-6-15(14-8)9-7(11(17)18)3-2-5-13-9/h2-6H,1H3,(H,12,16)(H,17,18). The zero-order valence-corrected chi connectivity index (χ0v) is 9.49. The molecule has 0 saturated heterocycles. The summed E-state index contributed by atoms with van der Waals surface area (Å²) >= 11 is 0. The minimum atomic E-state index is -1.10. The van der Waals surface area contributed by atoms with Gasteiger partial charge >= 0.3 is 5.97 Å². The van der Waals surface area contributed by atoms with E-state index in [4.69, 9.17) is 5.11 Å². The van der Waals surface area contributed by atoms with Crippen molar-refractivity contribution >= 4 is 11.9 Å². The van der Waals surface area contributed by atoms with Crippen LogP contribution in [0.2, 0.25) is 0 Å². The highest BCUT2D eigenvalue weighted by Crippen LogP contribution is 2.11. The molecule has 0 bridgehead atoms. The number of pyridine rings is 1. The first-order valence-electron chi connectivity index (χ1n) is 5.10. The molecule has 0 fully saturated rings. The van der Waals surface area contributed by atoms with E-state index in [9.17, 15) is 9.59 Å². The summed E-state index contributed by atoms with van der Waals surface area (Å²) in [5.74, 6) is -1.28. The van der Waals surface area contributed by atoms with Gasteiger partial charge in [0, 0.05) is 19.4 Å². The van der Waals surface area contributed by atoms with E-state index in [1.807, 2.05) is 0 Å². The zero-order valence-electron chi connectivity index (χ0n) is 9.49. The molecule has 92 valence electrons. The SMILES string of the molecule is CNC(=O)c1ccn(-c2ncccc2C(=O)O)n1. The lowest BCUT2D eigenvalue weighted by atomic mass is 10.2. The van der Waals surface area contributed by atoms with Crippen LogP contribution < -0.4 is 5.32 Å². The van der Waals surface area contributed by atoms with Crippen molar-refractivity contribution in [3.8, 4) is 5.82 Å². The van der Waals surface area contributed by atoms with Gasteiger partial charge < -0.3 is 10.4 Å². The molecule has 2 rings (SSSR count). The van der Waals surface area contributed by atoms with Gasteiger partial charge in [0.1, 0.15) is 5.56 Å². The summed E-state index contributed by atoms with van der Waals surface area (Å²) < 4.78 is 1.26. The number of nitrogens with zero attached hydrogens (tertiary/aromatic N) is 3. The number of aromatic carboxylic acids is 1. The third-order valence-electron chi connectivity index (χ3n) is 2.28. The number of carboxylic acids is 1. The van der Waals surface area contributed by atoms with Crippen molar-refractivity contribution in [2.24, 2.45) is 0 Å². The normalized spacial score (nSPS) is 10.1. The monoisotopic (exact) mass is 246 g/mol. The minimum absolute atomic E-state index is 0.0176. The first kappa shape index (κ1) is 11.8. The summed E-state index contributed by atoms with van der Waals surface area (Å²) in [6, 6.07) is 4.43. The Bertz CT molecular complexity index is 606. The van der Waals surface area contributed by atoms with Gasteiger partial charge in [-0.05, 0) is 18.2 Å². The molecule has 0 aliphatic carbocycles. The van der Waals surface area contributed by atoms with Gasteiger partial charge in [0.15, 0.2) is 11.5 Å². The van der Waals surface area contributed by atoms with Crippen LogP contribution in [-0.4, -0.2) is 38.8 Å². The van der Waals surface area contributed by atoms with Crippen molar-refractivity contribution < 1.29 is 14.7 Å². The van der Waals surface area contributed by atoms with Crippen molar-refractivity contribution in [2.45, 2.75) is 0 Å². The van der Waals surface area contributed by atoms with Gasteiger partial charge in [-0.2, -0.15) is 5.10 Å². The summed E-state index contributed by atoms with van der Waals surface area (Å²) in [6.07, 6.45) is 2.95. The van der Waals surface area contributed by atoms with E-state index in [2.05, 4.69) is 15.4 Å². The van der Waals surface area contributed by atoms with E-state index in [1.54, 1.807) is 0 Å². The maximum atomic E-state index is 11.4. The molecule has 7 heteroatoms. The molecular weight excluding hydrogens is 236 g/mol. The minimum Gasteiger partial charge on any atom is -0.478 e. The Balaban J connectivity index is 2.46. The molecule has 0 atom stereocenters. The van der Waals surface area contributed by atoms with Crippen LogP contribution >= 0.6 is 0 Å². The first-order valence-corrected chi connectivity index (χ1v) is 5.10. The molecule has 2 aromatic rings. The summed E-state index contributed by atoms with van der Waals surface area (Å²) in [5.41, 5.74) is 0.212. The Hall–Kier alpha value is -2.70. The largest absolute Gasteiger partial charge is 0.478 e. The molecule has 0 aliphatic heterocycles. The van der Waals surface area contributed by atoms with Crippen LogP contribution in [0.4, 0.5) is 0 Å². The van der Waals surface area contributed by atoms with Crippen molar-refractivity contribution in [3.05, 3.63) is 41.9 Å². The van der Waals surface area contributed by atoms with Crippen molar-refractivity contribution in [3.63, 3.8) is 0 Å². The Labute approximate surface area is 102 Å². The van der Waals surface area contributed by atoms with E-state index in [0.717, 1.165) is 0 Å². The lowest BCUT2D eigenvalue weighted by Crippen LogP contribution is -2.19. The molecule has 7 nitrogen and oxygen atoms in total. The third kappa shape index (κ3) is 2.05. The van der Waals surface area contributed by atoms with Crippen LogP contribution in [0.25, 0.3) is 5.82 Å². The fourth-order valence-corrected chi connectivity index (χ4v) is 1.44. The number of carbonyl (C=O) groups is 2. The number of nitrogens with one attached hydrogen (secondary N) is 1. The van der Waals surface area contributed by atoms with Crippen molar-refractivity contribution in [2.75, 3.05) is 7.05 Å². The quantitative estimate of drug-likeness (QED) is 0.813. The maximum absolute atomic E-state index is 11.4. The predicted octanol–water partition coefficient (Wildman–Crippen LogP) is 0.325. The molecule has 2 heterocycles. The molecule has 0 saturated carbocycles. The Morgan fingerprint density at radius 3 is 2.83 bits per heavy atom. The number of hydrogen-bond acceptors (Lipinski definition) is 4. The third-order valence-corrected chi connectivity index (χ3v) is 2.28. The Morgan fingerprint density at radius 1 is 1.39 bits per heavy atom. The number of carbonyl (C=O) groups excluding carboxylic acids is 1. The zero-order chi connectivity index (χ0) is 13.1. The number of rotatable bonds is 3. The van der Waals surface area contributed by atoms with E-state index in [0.29, 0.717) is 0 Å². The summed E-state index contributed by atoms with van der Waals surface area (Å²) in [6.45, 7) is 0. The Morgan fingerprint density at radius 2 is 2.17 bits per heavy atom. The predicted molar refractivity (Wildman–Crippen MR) is 61.7 cm³/mol. The van der Waals surface area contributed by atoms with Crippen molar-refractivity contribution in [1.29, 1.82) is 0 Å². The number of hydrogen-bond donors (Lipinski definition) is 2. The molecule has 0 aliphatic rings. The second-order valence-corrected chi connectivity index (χ2v) is 3.40. The number of amides is 1. The van der Waals surface area contributed by atoms with Crippen LogP contribution in [0.3, 0.4) is 0 Å². The highest BCUT2D eigenvalue weighted by Gasteiger charge is 2.14. The van der Waals surface area contributed by atoms with Gasteiger partial charge in [-0.1, -0.05) is 0 Å². The van der Waals surface area contributed by atoms with Gasteiger partial charge in [0.2, 0.25) is 0 Å². The fraction of sp³-hybridized carbons (Fsp3) is 0.0909. The van der Waals surface area contributed by atoms with Gasteiger partial charge in [-0.25, -0.2) is 14.5 Å². The van der Waals surface area contributed by atoms with E-state index in [-0.39, 0.29) is 23.0 Å². The second kappa shape index (κ2) is 4.66. The summed E-state index contributed by atoms with van der Waals surface area (Å²) in [7, 11) is 1.49. The van der Waals surface area contributed by atoms with Crippen LogP contribution in [0.1, 0.15) is 20.8 Å². The molecule has 18 heavy (non-hydrogen) atoms. The molecule has 0 spiro atoms. The van der Waals surface area contributed by atoms with Crippen LogP contribution in [0.15, 0.2) is 30.6 Å². The number of aromatic nitrogens is 3. The Kier molecular flexibility index (Phi) is 3.05. The van der Waals surface area contributed by atoms with Crippen LogP contribution in [-0.2, 0) is 0 Å². The van der Waals surface area contributed by atoms with E-state index >= 15 is 0 Å². The molecular formula is C11H10N4O3. The van der Waals surface area contributed by atoms with Crippen LogP contribution in [0.5, 0.6) is 0 Å². The average molecular weight is 246 g/mol. The van der Waals surface area contributed by atoms with E-state index in [1.165, 1.54) is 42.3 Å². The first-order chi connectivity index (χ1) is 8.63. The highest BCUT2D eigenvalue weighted by atomic mass is 16.4. The van der Waals surface area contributed by atoms with Gasteiger partial charge in [0.25, 0.3) is 5.91 Å². The maximum Gasteiger partial charge on any atom is 0.339 e. The summed E-state index contributed by atoms with van der Waals surface area (Å²) in [5, 5.41) is 15.4. The molecule has 0 aromatic carbocycles. The number of carboxylic acid groups (broad SMARTS) is 1. The second-order valence-electron chi connectivity index (χ2n) is 3.40. The molecule has 2 aromatic heterocycles.